The molecular formula is C4H8NdOS2. The summed E-state index contributed by atoms with van der Waals surface area (Å²) in [6.07, 6.45) is 0.157. The minimum Gasteiger partial charge on any atom is -0.476 e. The Bertz CT molecular complexity index is 74.4. The van der Waals surface area contributed by atoms with Gasteiger partial charge in [0.2, 0.25) is 4.38 Å². The third-order valence-corrected chi connectivity index (χ3v) is 0.538. The minimum absolute atomic E-state index is 0. The molecule has 0 radical (unpaired) electrons. The summed E-state index contributed by atoms with van der Waals surface area (Å²) in [4.78, 5) is 0. The molecular weight excluding hydrogens is 272 g/mol. The van der Waals surface area contributed by atoms with E-state index in [1.54, 1.807) is 0 Å². The molecule has 0 aromatic carbocycles. The van der Waals surface area contributed by atoms with Crippen molar-refractivity contribution < 1.29 is 45.6 Å². The van der Waals surface area contributed by atoms with Gasteiger partial charge in [-0.1, -0.05) is 12.6 Å². The molecule has 0 aromatic rings. The standard InChI is InChI=1S/C4H8OS2.Nd/c1-3(2)5-4(6)7;/h3H,1-2H3,(H,6,7);. The van der Waals surface area contributed by atoms with Crippen molar-refractivity contribution in [3.05, 3.63) is 0 Å². The van der Waals surface area contributed by atoms with Crippen molar-refractivity contribution in [3.8, 4) is 0 Å². The molecule has 0 aliphatic carbocycles. The van der Waals surface area contributed by atoms with Crippen molar-refractivity contribution in [1.82, 2.24) is 0 Å². The van der Waals surface area contributed by atoms with Crippen LogP contribution in [0.25, 0.3) is 0 Å². The Hall–Kier alpha value is 1.59. The van der Waals surface area contributed by atoms with Crippen molar-refractivity contribution in [1.29, 1.82) is 0 Å². The molecule has 0 bridgehead atoms. The van der Waals surface area contributed by atoms with E-state index in [1.807, 2.05) is 13.8 Å². The summed E-state index contributed by atoms with van der Waals surface area (Å²) in [5.41, 5.74) is 0. The molecule has 0 unspecified atom stereocenters. The van der Waals surface area contributed by atoms with Crippen LogP contribution in [0.3, 0.4) is 0 Å². The average molecular weight is 280 g/mol. The largest absolute Gasteiger partial charge is 0.476 e. The molecule has 4 heteroatoms. The summed E-state index contributed by atoms with van der Waals surface area (Å²) >= 11 is 8.26. The van der Waals surface area contributed by atoms with Gasteiger partial charge in [-0.3, -0.25) is 0 Å². The van der Waals surface area contributed by atoms with Gasteiger partial charge in [-0.25, -0.2) is 0 Å². The van der Waals surface area contributed by atoms with E-state index in [1.165, 1.54) is 0 Å². The van der Waals surface area contributed by atoms with E-state index < -0.39 is 0 Å². The summed E-state index contributed by atoms with van der Waals surface area (Å²) in [7, 11) is 0. The van der Waals surface area contributed by atoms with E-state index in [0.717, 1.165) is 0 Å². The van der Waals surface area contributed by atoms with E-state index in [-0.39, 0.29) is 46.9 Å². The quantitative estimate of drug-likeness (QED) is 0.577. The molecule has 0 atom stereocenters. The van der Waals surface area contributed by atoms with Gasteiger partial charge >= 0.3 is 0 Å². The molecule has 46 valence electrons. The van der Waals surface area contributed by atoms with Crippen LogP contribution in [-0.4, -0.2) is 10.5 Å². The van der Waals surface area contributed by atoms with Gasteiger partial charge < -0.3 is 4.74 Å². The number of rotatable bonds is 1. The zero-order valence-electron chi connectivity index (χ0n) is 4.84. The maximum absolute atomic E-state index is 4.85. The second-order valence-electron chi connectivity index (χ2n) is 1.43. The van der Waals surface area contributed by atoms with Crippen LogP contribution in [0.2, 0.25) is 0 Å². The Balaban J connectivity index is 0. The third-order valence-electron chi connectivity index (χ3n) is 0.337. The molecule has 0 aromatic heterocycles. The zero-order chi connectivity index (χ0) is 5.86. The molecule has 0 rings (SSSR count). The predicted octanol–water partition coefficient (Wildman–Crippen LogP) is 1.63. The Kier molecular flexibility index (Phi) is 10.3. The molecule has 8 heavy (non-hydrogen) atoms. The minimum atomic E-state index is 0. The monoisotopic (exact) mass is 278 g/mol. The van der Waals surface area contributed by atoms with Crippen LogP contribution in [0.5, 0.6) is 0 Å². The van der Waals surface area contributed by atoms with E-state index >= 15 is 0 Å². The summed E-state index contributed by atoms with van der Waals surface area (Å²) < 4.78 is 5.16. The summed E-state index contributed by atoms with van der Waals surface area (Å²) in [6, 6.07) is 0. The summed E-state index contributed by atoms with van der Waals surface area (Å²) in [5.74, 6) is 0. The second-order valence-corrected chi connectivity index (χ2v) is 2.51. The summed E-state index contributed by atoms with van der Waals surface area (Å²) in [5, 5.41) is 0. The Labute approximate surface area is 93.5 Å². The van der Waals surface area contributed by atoms with Crippen LogP contribution in [0.1, 0.15) is 13.8 Å². The van der Waals surface area contributed by atoms with Gasteiger partial charge in [0.25, 0.3) is 0 Å². The number of hydrogen-bond donors (Lipinski definition) is 1. The molecule has 0 amide bonds. The van der Waals surface area contributed by atoms with Crippen LogP contribution in [0.4, 0.5) is 0 Å². The number of thiol groups is 1. The fraction of sp³-hybridized carbons (Fsp3) is 0.750. The first-order chi connectivity index (χ1) is 3.13. The van der Waals surface area contributed by atoms with E-state index in [2.05, 4.69) is 24.8 Å². The van der Waals surface area contributed by atoms with Crippen molar-refractivity contribution in [3.63, 3.8) is 0 Å². The SMILES string of the molecule is CC(C)OC(=S)S.[Nd]. The van der Waals surface area contributed by atoms with E-state index in [4.69, 9.17) is 4.74 Å². The molecule has 0 saturated carbocycles. The van der Waals surface area contributed by atoms with Crippen LogP contribution >= 0.6 is 24.8 Å². The number of hydrogen-bond acceptors (Lipinski definition) is 2. The third kappa shape index (κ3) is 10.5. The smallest absolute Gasteiger partial charge is 0.217 e. The Morgan fingerprint density at radius 2 is 2.00 bits per heavy atom. The molecule has 0 spiro atoms. The molecule has 0 fully saturated rings. The molecule has 0 aliphatic heterocycles. The van der Waals surface area contributed by atoms with E-state index in [9.17, 15) is 0 Å². The predicted molar refractivity (Wildman–Crippen MR) is 37.8 cm³/mol. The summed E-state index contributed by atoms with van der Waals surface area (Å²) in [6.45, 7) is 3.81. The zero-order valence-corrected chi connectivity index (χ0v) is 9.76. The van der Waals surface area contributed by atoms with Gasteiger partial charge in [-0.15, -0.1) is 0 Å². The molecule has 0 heterocycles. The number of thiocarbonyl (C=S) groups is 1. The van der Waals surface area contributed by atoms with Crippen molar-refractivity contribution in [2.75, 3.05) is 0 Å². The number of ether oxygens (including phenoxy) is 1. The van der Waals surface area contributed by atoms with Crippen molar-refractivity contribution in [2.45, 2.75) is 20.0 Å². The Morgan fingerprint density at radius 3 is 2.00 bits per heavy atom. The van der Waals surface area contributed by atoms with Gasteiger partial charge in [-0.05, 0) is 26.1 Å². The molecule has 0 aliphatic rings. The maximum Gasteiger partial charge on any atom is 0.217 e. The van der Waals surface area contributed by atoms with Crippen molar-refractivity contribution in [2.24, 2.45) is 0 Å². The van der Waals surface area contributed by atoms with Crippen LogP contribution < -0.4 is 0 Å². The first kappa shape index (κ1) is 12.3. The van der Waals surface area contributed by atoms with Crippen LogP contribution in [0, 0.1) is 40.8 Å². The second kappa shape index (κ2) is 6.71. The van der Waals surface area contributed by atoms with Crippen molar-refractivity contribution >= 4 is 29.2 Å². The Morgan fingerprint density at radius 1 is 1.62 bits per heavy atom. The van der Waals surface area contributed by atoms with Gasteiger partial charge in [-0.2, -0.15) is 0 Å². The topological polar surface area (TPSA) is 9.23 Å². The van der Waals surface area contributed by atoms with Gasteiger partial charge in [0.05, 0.1) is 6.10 Å². The average Bonchev–Trinajstić information content (AvgIpc) is 1.27. The van der Waals surface area contributed by atoms with E-state index in [0.29, 0.717) is 4.38 Å². The molecule has 1 nitrogen and oxygen atoms in total. The fourth-order valence-electron chi connectivity index (χ4n) is 0.202. The normalized spacial score (nSPS) is 8.00. The van der Waals surface area contributed by atoms with Gasteiger partial charge in [0.1, 0.15) is 0 Å². The first-order valence-electron chi connectivity index (χ1n) is 2.02. The maximum atomic E-state index is 4.85. The first-order valence-corrected chi connectivity index (χ1v) is 2.88. The van der Waals surface area contributed by atoms with Gasteiger partial charge in [0, 0.05) is 40.8 Å². The molecule has 0 N–H and O–H groups in total. The van der Waals surface area contributed by atoms with Crippen LogP contribution in [0.15, 0.2) is 0 Å². The van der Waals surface area contributed by atoms with Crippen LogP contribution in [-0.2, 0) is 4.74 Å². The molecule has 0 saturated heterocycles. The van der Waals surface area contributed by atoms with Gasteiger partial charge in [0.15, 0.2) is 0 Å². The fourth-order valence-corrected chi connectivity index (χ4v) is 0.605.